The maximum atomic E-state index is 12.5. The number of nitrogens with one attached hydrogen (secondary N) is 1. The highest BCUT2D eigenvalue weighted by Gasteiger charge is 2.37. The Labute approximate surface area is 144 Å². The summed E-state index contributed by atoms with van der Waals surface area (Å²) < 4.78 is 0. The lowest BCUT2D eigenvalue weighted by molar-refractivity contribution is -0.136. The van der Waals surface area contributed by atoms with Crippen molar-refractivity contribution in [3.05, 3.63) is 35.9 Å². The van der Waals surface area contributed by atoms with E-state index in [4.69, 9.17) is 0 Å². The van der Waals surface area contributed by atoms with Crippen molar-refractivity contribution in [2.24, 2.45) is 5.41 Å². The number of rotatable bonds is 4. The average Bonchev–Trinajstić information content (AvgIpc) is 2.61. The maximum absolute atomic E-state index is 12.5. The molecule has 1 saturated carbocycles. The fourth-order valence-electron chi connectivity index (χ4n) is 4.26. The largest absolute Gasteiger partial charge is 0.347 e. The number of piperidine rings is 1. The van der Waals surface area contributed by atoms with Gasteiger partial charge in [0, 0.05) is 13.1 Å². The SMILES string of the molecule is O=C(Cc1ccccc1)NCC(=O)N1CCCC2(CCCCC2)C1. The number of hydrogen-bond donors (Lipinski definition) is 1. The van der Waals surface area contributed by atoms with Crippen molar-refractivity contribution in [3.63, 3.8) is 0 Å². The van der Waals surface area contributed by atoms with Gasteiger partial charge in [-0.3, -0.25) is 9.59 Å². The Morgan fingerprint density at radius 2 is 1.71 bits per heavy atom. The normalized spacial score (nSPS) is 19.9. The topological polar surface area (TPSA) is 49.4 Å². The van der Waals surface area contributed by atoms with Gasteiger partial charge in [0.15, 0.2) is 0 Å². The monoisotopic (exact) mass is 328 g/mol. The third-order valence-electron chi connectivity index (χ3n) is 5.57. The van der Waals surface area contributed by atoms with Crippen LogP contribution in [0.15, 0.2) is 30.3 Å². The van der Waals surface area contributed by atoms with Crippen LogP contribution in [-0.4, -0.2) is 36.3 Å². The Morgan fingerprint density at radius 1 is 1.00 bits per heavy atom. The molecule has 1 aliphatic heterocycles. The molecule has 0 unspecified atom stereocenters. The third kappa shape index (κ3) is 4.37. The predicted octanol–water partition coefficient (Wildman–Crippen LogP) is 2.92. The first kappa shape index (κ1) is 17.0. The Morgan fingerprint density at radius 3 is 2.46 bits per heavy atom. The molecule has 2 aliphatic rings. The summed E-state index contributed by atoms with van der Waals surface area (Å²) in [6.07, 6.45) is 9.16. The van der Waals surface area contributed by atoms with Crippen molar-refractivity contribution in [2.75, 3.05) is 19.6 Å². The van der Waals surface area contributed by atoms with Crippen molar-refractivity contribution < 1.29 is 9.59 Å². The van der Waals surface area contributed by atoms with Crippen LogP contribution in [-0.2, 0) is 16.0 Å². The minimum Gasteiger partial charge on any atom is -0.347 e. The number of carbonyl (C=O) groups is 2. The minimum atomic E-state index is -0.0843. The quantitative estimate of drug-likeness (QED) is 0.924. The Bertz CT molecular complexity index is 559. The Kier molecular flexibility index (Phi) is 5.54. The van der Waals surface area contributed by atoms with E-state index in [9.17, 15) is 9.59 Å². The fraction of sp³-hybridized carbons (Fsp3) is 0.600. The molecule has 130 valence electrons. The summed E-state index contributed by atoms with van der Waals surface area (Å²) in [7, 11) is 0. The summed E-state index contributed by atoms with van der Waals surface area (Å²) in [4.78, 5) is 26.5. The molecule has 4 heteroatoms. The number of benzene rings is 1. The molecule has 0 aromatic heterocycles. The minimum absolute atomic E-state index is 0.0704. The Hall–Kier alpha value is -1.84. The van der Waals surface area contributed by atoms with Gasteiger partial charge >= 0.3 is 0 Å². The van der Waals surface area contributed by atoms with E-state index in [2.05, 4.69) is 5.32 Å². The van der Waals surface area contributed by atoms with E-state index in [1.54, 1.807) is 0 Å². The van der Waals surface area contributed by atoms with E-state index in [0.717, 1.165) is 25.1 Å². The molecular formula is C20H28N2O2. The molecule has 4 nitrogen and oxygen atoms in total. The Balaban J connectivity index is 1.47. The van der Waals surface area contributed by atoms with Gasteiger partial charge in [0.25, 0.3) is 0 Å². The first-order valence-electron chi connectivity index (χ1n) is 9.25. The van der Waals surface area contributed by atoms with Gasteiger partial charge in [-0.1, -0.05) is 49.6 Å². The van der Waals surface area contributed by atoms with Crippen LogP contribution in [0.4, 0.5) is 0 Å². The van der Waals surface area contributed by atoms with Gasteiger partial charge in [-0.2, -0.15) is 0 Å². The third-order valence-corrected chi connectivity index (χ3v) is 5.57. The summed E-state index contributed by atoms with van der Waals surface area (Å²) in [6, 6.07) is 9.64. The number of hydrogen-bond acceptors (Lipinski definition) is 2. The van der Waals surface area contributed by atoms with E-state index in [1.807, 2.05) is 35.2 Å². The van der Waals surface area contributed by atoms with E-state index in [-0.39, 0.29) is 18.4 Å². The average molecular weight is 328 g/mol. The lowest BCUT2D eigenvalue weighted by Gasteiger charge is -2.45. The molecule has 1 aliphatic carbocycles. The first-order chi connectivity index (χ1) is 11.7. The van der Waals surface area contributed by atoms with Gasteiger partial charge in [0.2, 0.25) is 11.8 Å². The van der Waals surface area contributed by atoms with Crippen LogP contribution < -0.4 is 5.32 Å². The fourth-order valence-corrected chi connectivity index (χ4v) is 4.26. The van der Waals surface area contributed by atoms with Gasteiger partial charge < -0.3 is 10.2 Å². The molecule has 1 heterocycles. The number of carbonyl (C=O) groups excluding carboxylic acids is 2. The van der Waals surface area contributed by atoms with Crippen LogP contribution in [0.5, 0.6) is 0 Å². The van der Waals surface area contributed by atoms with E-state index >= 15 is 0 Å². The molecule has 24 heavy (non-hydrogen) atoms. The van der Waals surface area contributed by atoms with Gasteiger partial charge in [-0.25, -0.2) is 0 Å². The van der Waals surface area contributed by atoms with Crippen LogP contribution >= 0.6 is 0 Å². The molecule has 0 atom stereocenters. The first-order valence-corrected chi connectivity index (χ1v) is 9.25. The van der Waals surface area contributed by atoms with E-state index in [0.29, 0.717) is 11.8 Å². The van der Waals surface area contributed by atoms with Gasteiger partial charge in [0.1, 0.15) is 0 Å². The lowest BCUT2D eigenvalue weighted by Crippen LogP contribution is -2.49. The highest BCUT2D eigenvalue weighted by Crippen LogP contribution is 2.43. The second-order valence-corrected chi connectivity index (χ2v) is 7.42. The highest BCUT2D eigenvalue weighted by molar-refractivity contribution is 5.85. The molecule has 1 aromatic carbocycles. The van der Waals surface area contributed by atoms with Crippen LogP contribution in [0.3, 0.4) is 0 Å². The molecule has 1 N–H and O–H groups in total. The molecule has 1 saturated heterocycles. The van der Waals surface area contributed by atoms with Gasteiger partial charge in [-0.15, -0.1) is 0 Å². The molecule has 2 fully saturated rings. The zero-order chi connectivity index (χ0) is 16.8. The van der Waals surface area contributed by atoms with Crippen molar-refractivity contribution in [2.45, 2.75) is 51.4 Å². The van der Waals surface area contributed by atoms with Gasteiger partial charge in [-0.05, 0) is 36.7 Å². The van der Waals surface area contributed by atoms with E-state index < -0.39 is 0 Å². The molecule has 0 bridgehead atoms. The van der Waals surface area contributed by atoms with Crippen LogP contribution in [0.1, 0.15) is 50.5 Å². The van der Waals surface area contributed by atoms with Crippen molar-refractivity contribution in [1.82, 2.24) is 10.2 Å². The summed E-state index contributed by atoms with van der Waals surface area (Å²) in [6.45, 7) is 1.86. The van der Waals surface area contributed by atoms with E-state index in [1.165, 1.54) is 38.5 Å². The molecule has 1 spiro atoms. The molecule has 3 rings (SSSR count). The molecular weight excluding hydrogens is 300 g/mol. The lowest BCUT2D eigenvalue weighted by atomic mass is 9.69. The van der Waals surface area contributed by atoms with Crippen LogP contribution in [0.2, 0.25) is 0 Å². The molecule has 1 aromatic rings. The standard InChI is InChI=1S/C20H28N2O2/c23-18(14-17-8-3-1-4-9-17)21-15-19(24)22-13-7-12-20(16-22)10-5-2-6-11-20/h1,3-4,8-9H,2,5-7,10-16H2,(H,21,23). The predicted molar refractivity (Wildman–Crippen MR) is 94.5 cm³/mol. The van der Waals surface area contributed by atoms with Gasteiger partial charge in [0.05, 0.1) is 13.0 Å². The summed E-state index contributed by atoms with van der Waals surface area (Å²) in [5.41, 5.74) is 1.34. The van der Waals surface area contributed by atoms with Crippen LogP contribution in [0.25, 0.3) is 0 Å². The number of likely N-dealkylation sites (tertiary alicyclic amines) is 1. The maximum Gasteiger partial charge on any atom is 0.241 e. The van der Waals surface area contributed by atoms with Crippen molar-refractivity contribution in [3.8, 4) is 0 Å². The van der Waals surface area contributed by atoms with Crippen molar-refractivity contribution >= 4 is 11.8 Å². The highest BCUT2D eigenvalue weighted by atomic mass is 16.2. The zero-order valence-electron chi connectivity index (χ0n) is 14.4. The summed E-state index contributed by atoms with van der Waals surface area (Å²) >= 11 is 0. The second kappa shape index (κ2) is 7.82. The zero-order valence-corrected chi connectivity index (χ0v) is 14.4. The molecule has 0 radical (unpaired) electrons. The number of nitrogens with zero attached hydrogens (tertiary/aromatic N) is 1. The van der Waals surface area contributed by atoms with Crippen LogP contribution in [0, 0.1) is 5.41 Å². The summed E-state index contributed by atoms with van der Waals surface area (Å²) in [5.74, 6) is -0.0139. The second-order valence-electron chi connectivity index (χ2n) is 7.42. The number of amides is 2. The van der Waals surface area contributed by atoms with Crippen molar-refractivity contribution in [1.29, 1.82) is 0 Å². The molecule has 2 amide bonds. The summed E-state index contributed by atoms with van der Waals surface area (Å²) in [5, 5.41) is 2.79. The smallest absolute Gasteiger partial charge is 0.241 e.